The summed E-state index contributed by atoms with van der Waals surface area (Å²) in [5.74, 6) is 0.341. The fourth-order valence-electron chi connectivity index (χ4n) is 3.79. The van der Waals surface area contributed by atoms with Gasteiger partial charge in [0.2, 0.25) is 0 Å². The molecule has 1 aliphatic rings. The highest BCUT2D eigenvalue weighted by Crippen LogP contribution is 2.22. The van der Waals surface area contributed by atoms with Gasteiger partial charge in [-0.3, -0.25) is 9.78 Å². The molecule has 0 bridgehead atoms. The van der Waals surface area contributed by atoms with Crippen molar-refractivity contribution in [3.8, 4) is 5.69 Å². The van der Waals surface area contributed by atoms with Crippen LogP contribution in [0.15, 0.2) is 36.5 Å². The predicted molar refractivity (Wildman–Crippen MR) is 107 cm³/mol. The molecule has 0 saturated carbocycles. The Balaban J connectivity index is 1.56. The topological polar surface area (TPSA) is 73.1 Å². The van der Waals surface area contributed by atoms with Crippen molar-refractivity contribution in [3.63, 3.8) is 0 Å². The van der Waals surface area contributed by atoms with Crippen LogP contribution in [0.4, 0.5) is 0 Å². The van der Waals surface area contributed by atoms with E-state index < -0.39 is 0 Å². The average molecular weight is 379 g/mol. The van der Waals surface area contributed by atoms with Crippen molar-refractivity contribution >= 4 is 16.8 Å². The lowest BCUT2D eigenvalue weighted by molar-refractivity contribution is 0.0496. The molecule has 7 heteroatoms. The van der Waals surface area contributed by atoms with Crippen LogP contribution in [0.3, 0.4) is 0 Å². The number of fused-ring (bicyclic) bond motifs is 1. The van der Waals surface area contributed by atoms with Crippen LogP contribution < -0.4 is 0 Å². The van der Waals surface area contributed by atoms with Crippen LogP contribution in [0.5, 0.6) is 0 Å². The van der Waals surface area contributed by atoms with Gasteiger partial charge in [-0.25, -0.2) is 4.68 Å². The van der Waals surface area contributed by atoms with Crippen molar-refractivity contribution in [2.75, 3.05) is 26.3 Å². The van der Waals surface area contributed by atoms with Crippen LogP contribution in [0.2, 0.25) is 0 Å². The van der Waals surface area contributed by atoms with Crippen LogP contribution in [-0.2, 0) is 4.74 Å². The summed E-state index contributed by atoms with van der Waals surface area (Å²) < 4.78 is 7.28. The first-order valence-electron chi connectivity index (χ1n) is 9.82. The molecule has 28 heavy (non-hydrogen) atoms. The largest absolute Gasteiger partial charge is 0.381 e. The zero-order chi connectivity index (χ0) is 19.5. The van der Waals surface area contributed by atoms with Crippen molar-refractivity contribution in [3.05, 3.63) is 47.9 Å². The van der Waals surface area contributed by atoms with E-state index in [0.717, 1.165) is 41.7 Å². The van der Waals surface area contributed by atoms with Crippen LogP contribution in [0, 0.1) is 12.8 Å². The molecule has 7 nitrogen and oxygen atoms in total. The summed E-state index contributed by atoms with van der Waals surface area (Å²) in [6, 6.07) is 9.83. The van der Waals surface area contributed by atoms with Gasteiger partial charge >= 0.3 is 0 Å². The number of likely N-dealkylation sites (tertiary alicyclic amines) is 1. The van der Waals surface area contributed by atoms with E-state index in [-0.39, 0.29) is 5.91 Å². The standard InChI is InChI=1S/C21H25N5O2/c1-3-28-14-16-6-5-11-25(13-16)21(27)20-15(2)26(24-23-20)18-8-9-19-17(12-18)7-4-10-22-19/h4,7-10,12,16H,3,5-6,11,13-14H2,1-2H3. The van der Waals surface area contributed by atoms with E-state index in [1.807, 2.05) is 49.1 Å². The lowest BCUT2D eigenvalue weighted by Gasteiger charge is -2.32. The van der Waals surface area contributed by atoms with Crippen LogP contribution in [-0.4, -0.2) is 57.1 Å². The molecule has 3 heterocycles. The number of rotatable bonds is 5. The van der Waals surface area contributed by atoms with E-state index in [1.165, 1.54) is 0 Å². The maximum absolute atomic E-state index is 13.1. The van der Waals surface area contributed by atoms with Gasteiger partial charge in [0, 0.05) is 31.3 Å². The first-order valence-corrected chi connectivity index (χ1v) is 9.82. The molecule has 0 spiro atoms. The Hall–Kier alpha value is -2.80. The van der Waals surface area contributed by atoms with Crippen molar-refractivity contribution in [1.29, 1.82) is 0 Å². The van der Waals surface area contributed by atoms with Gasteiger partial charge in [0.15, 0.2) is 5.69 Å². The van der Waals surface area contributed by atoms with Crippen molar-refractivity contribution in [2.45, 2.75) is 26.7 Å². The van der Waals surface area contributed by atoms with E-state index in [2.05, 4.69) is 15.3 Å². The lowest BCUT2D eigenvalue weighted by Crippen LogP contribution is -2.41. The Bertz CT molecular complexity index is 984. The molecule has 3 aromatic rings. The highest BCUT2D eigenvalue weighted by Gasteiger charge is 2.28. The Kier molecular flexibility index (Phi) is 5.34. The summed E-state index contributed by atoms with van der Waals surface area (Å²) in [6.07, 6.45) is 3.87. The SMILES string of the molecule is CCOCC1CCCN(C(=O)c2nnn(-c3ccc4ncccc4c3)c2C)C1. The minimum absolute atomic E-state index is 0.0487. The third-order valence-electron chi connectivity index (χ3n) is 5.29. The third-order valence-corrected chi connectivity index (χ3v) is 5.29. The van der Waals surface area contributed by atoms with Crippen LogP contribution in [0.25, 0.3) is 16.6 Å². The normalized spacial score (nSPS) is 17.2. The van der Waals surface area contributed by atoms with E-state index in [4.69, 9.17) is 4.74 Å². The Labute approximate surface area is 164 Å². The zero-order valence-electron chi connectivity index (χ0n) is 16.3. The third kappa shape index (κ3) is 3.62. The van der Waals surface area contributed by atoms with Crippen LogP contribution in [0.1, 0.15) is 35.9 Å². The number of carbonyl (C=O) groups excluding carboxylic acids is 1. The minimum Gasteiger partial charge on any atom is -0.381 e. The van der Waals surface area contributed by atoms with E-state index in [9.17, 15) is 4.79 Å². The van der Waals surface area contributed by atoms with E-state index >= 15 is 0 Å². The number of piperidine rings is 1. The molecule has 1 amide bonds. The molecule has 146 valence electrons. The second-order valence-electron chi connectivity index (χ2n) is 7.23. The van der Waals surface area contributed by atoms with Crippen molar-refractivity contribution < 1.29 is 9.53 Å². The van der Waals surface area contributed by atoms with Crippen LogP contribution >= 0.6 is 0 Å². The highest BCUT2D eigenvalue weighted by atomic mass is 16.5. The van der Waals surface area contributed by atoms with E-state index in [1.54, 1.807) is 10.9 Å². The van der Waals surface area contributed by atoms with Gasteiger partial charge < -0.3 is 9.64 Å². The number of nitrogens with zero attached hydrogens (tertiary/aromatic N) is 5. The second-order valence-corrected chi connectivity index (χ2v) is 7.23. The number of carbonyl (C=O) groups is 1. The Morgan fingerprint density at radius 2 is 2.21 bits per heavy atom. The number of hydrogen-bond acceptors (Lipinski definition) is 5. The van der Waals surface area contributed by atoms with Gasteiger partial charge in [0.1, 0.15) is 0 Å². The number of hydrogen-bond donors (Lipinski definition) is 0. The summed E-state index contributed by atoms with van der Waals surface area (Å²) in [5, 5.41) is 9.49. The molecule has 0 radical (unpaired) electrons. The molecule has 1 aromatic carbocycles. The highest BCUT2D eigenvalue weighted by molar-refractivity contribution is 5.93. The molecule has 1 saturated heterocycles. The molecule has 1 atom stereocenters. The molecule has 2 aromatic heterocycles. The molecule has 1 aliphatic heterocycles. The molecule has 0 N–H and O–H groups in total. The van der Waals surface area contributed by atoms with Crippen molar-refractivity contribution in [1.82, 2.24) is 24.9 Å². The van der Waals surface area contributed by atoms with Gasteiger partial charge in [-0.2, -0.15) is 0 Å². The first kappa shape index (κ1) is 18.6. The maximum Gasteiger partial charge on any atom is 0.276 e. The minimum atomic E-state index is -0.0487. The summed E-state index contributed by atoms with van der Waals surface area (Å²) in [7, 11) is 0. The maximum atomic E-state index is 13.1. The number of benzene rings is 1. The fraction of sp³-hybridized carbons (Fsp3) is 0.429. The number of ether oxygens (including phenoxy) is 1. The second kappa shape index (κ2) is 8.06. The zero-order valence-corrected chi connectivity index (χ0v) is 16.3. The molecular formula is C21H25N5O2. The smallest absolute Gasteiger partial charge is 0.276 e. The lowest BCUT2D eigenvalue weighted by atomic mass is 9.98. The summed E-state index contributed by atoms with van der Waals surface area (Å²) in [5.41, 5.74) is 2.97. The Morgan fingerprint density at radius 3 is 3.07 bits per heavy atom. The monoisotopic (exact) mass is 379 g/mol. The number of amides is 1. The summed E-state index contributed by atoms with van der Waals surface area (Å²) >= 11 is 0. The number of pyridine rings is 1. The van der Waals surface area contributed by atoms with Gasteiger partial charge in [0.05, 0.1) is 23.5 Å². The average Bonchev–Trinajstić information content (AvgIpc) is 3.12. The fourth-order valence-corrected chi connectivity index (χ4v) is 3.79. The van der Waals surface area contributed by atoms with Gasteiger partial charge in [-0.1, -0.05) is 11.3 Å². The first-order chi connectivity index (χ1) is 13.7. The van der Waals surface area contributed by atoms with Gasteiger partial charge in [-0.05, 0) is 56.9 Å². The van der Waals surface area contributed by atoms with E-state index in [0.29, 0.717) is 31.4 Å². The molecule has 4 rings (SSSR count). The van der Waals surface area contributed by atoms with Gasteiger partial charge in [-0.15, -0.1) is 5.10 Å². The summed E-state index contributed by atoms with van der Waals surface area (Å²) in [4.78, 5) is 19.3. The van der Waals surface area contributed by atoms with Gasteiger partial charge in [0.25, 0.3) is 5.91 Å². The number of aromatic nitrogens is 4. The van der Waals surface area contributed by atoms with Crippen molar-refractivity contribution in [2.24, 2.45) is 5.92 Å². The molecule has 0 aliphatic carbocycles. The predicted octanol–water partition coefficient (Wildman–Crippen LogP) is 3.01. The molecule has 1 fully saturated rings. The molecule has 1 unspecified atom stereocenters. The molecular weight excluding hydrogens is 354 g/mol. The summed E-state index contributed by atoms with van der Waals surface area (Å²) in [6.45, 7) is 6.77. The Morgan fingerprint density at radius 1 is 1.32 bits per heavy atom. The quantitative estimate of drug-likeness (QED) is 0.681.